The summed E-state index contributed by atoms with van der Waals surface area (Å²) in [5.74, 6) is 0. The number of rotatable bonds is 8. The van der Waals surface area contributed by atoms with Crippen molar-refractivity contribution in [3.8, 4) is 0 Å². The lowest BCUT2D eigenvalue weighted by Gasteiger charge is -2.45. The molecule has 1 atom stereocenters. The third-order valence-electron chi connectivity index (χ3n) is 3.65. The van der Waals surface area contributed by atoms with E-state index in [-0.39, 0.29) is 11.8 Å². The predicted octanol–water partition coefficient (Wildman–Crippen LogP) is 1.44. The summed E-state index contributed by atoms with van der Waals surface area (Å²) >= 11 is 0. The monoisotopic (exact) mass is 232 g/mol. The molecule has 0 bridgehead atoms. The molecule has 0 heterocycles. The summed E-state index contributed by atoms with van der Waals surface area (Å²) in [4.78, 5) is 2.28. The maximum atomic E-state index is 5.91. The number of ether oxygens (including phenoxy) is 2. The zero-order valence-corrected chi connectivity index (χ0v) is 11.6. The molecule has 0 saturated heterocycles. The van der Waals surface area contributed by atoms with Crippen molar-refractivity contribution in [1.29, 1.82) is 0 Å². The van der Waals surface area contributed by atoms with E-state index in [0.29, 0.717) is 12.6 Å². The van der Waals surface area contributed by atoms with Crippen molar-refractivity contribution < 1.29 is 9.47 Å². The Morgan fingerprint density at radius 2 is 1.62 bits per heavy atom. The van der Waals surface area contributed by atoms with Crippen molar-refractivity contribution in [3.63, 3.8) is 0 Å². The smallest absolute Gasteiger partial charge is 0.176 e. The van der Waals surface area contributed by atoms with Crippen molar-refractivity contribution in [1.82, 2.24) is 4.90 Å². The minimum Gasteiger partial charge on any atom is -0.354 e. The van der Waals surface area contributed by atoms with E-state index in [4.69, 9.17) is 15.2 Å². The molecule has 98 valence electrons. The van der Waals surface area contributed by atoms with E-state index >= 15 is 0 Å². The molecule has 4 heteroatoms. The summed E-state index contributed by atoms with van der Waals surface area (Å²) in [6.07, 6.45) is 1.90. The standard InChI is InChI=1S/C12H28N2O2/c1-7-10(8-2)14(4)12(3,9-13)11(15-5)16-6/h10-11H,7-9,13H2,1-6H3. The lowest BCUT2D eigenvalue weighted by Crippen LogP contribution is -2.61. The molecule has 0 rings (SSSR count). The van der Waals surface area contributed by atoms with Gasteiger partial charge in [-0.3, -0.25) is 4.90 Å². The SMILES string of the molecule is CCC(CC)N(C)C(C)(CN)C(OC)OC. The fourth-order valence-electron chi connectivity index (χ4n) is 2.26. The average Bonchev–Trinajstić information content (AvgIpc) is 2.31. The summed E-state index contributed by atoms with van der Waals surface area (Å²) in [5, 5.41) is 0. The molecular weight excluding hydrogens is 204 g/mol. The van der Waals surface area contributed by atoms with Crippen molar-refractivity contribution >= 4 is 0 Å². The van der Waals surface area contributed by atoms with Crippen LogP contribution in [0.1, 0.15) is 33.6 Å². The van der Waals surface area contributed by atoms with Crippen molar-refractivity contribution in [3.05, 3.63) is 0 Å². The first-order valence-electron chi connectivity index (χ1n) is 6.00. The predicted molar refractivity (Wildman–Crippen MR) is 67.4 cm³/mol. The summed E-state index contributed by atoms with van der Waals surface area (Å²) in [6, 6.07) is 0.501. The first kappa shape index (κ1) is 15.8. The molecule has 1 unspecified atom stereocenters. The highest BCUT2D eigenvalue weighted by Crippen LogP contribution is 2.24. The van der Waals surface area contributed by atoms with Crippen LogP contribution in [0.4, 0.5) is 0 Å². The molecule has 16 heavy (non-hydrogen) atoms. The molecule has 0 aliphatic carbocycles. The molecular formula is C12H28N2O2. The van der Waals surface area contributed by atoms with Crippen LogP contribution in [0.25, 0.3) is 0 Å². The van der Waals surface area contributed by atoms with Crippen LogP contribution in [0.15, 0.2) is 0 Å². The molecule has 0 aliphatic heterocycles. The first-order valence-corrected chi connectivity index (χ1v) is 6.00. The van der Waals surface area contributed by atoms with E-state index in [2.05, 4.69) is 32.7 Å². The Bertz CT molecular complexity index is 182. The Morgan fingerprint density at radius 1 is 1.19 bits per heavy atom. The lowest BCUT2D eigenvalue weighted by atomic mass is 9.95. The third-order valence-corrected chi connectivity index (χ3v) is 3.65. The molecule has 4 nitrogen and oxygen atoms in total. The minimum atomic E-state index is -0.303. The van der Waals surface area contributed by atoms with Gasteiger partial charge in [-0.15, -0.1) is 0 Å². The maximum Gasteiger partial charge on any atom is 0.176 e. The largest absolute Gasteiger partial charge is 0.354 e. The van der Waals surface area contributed by atoms with Gasteiger partial charge in [0.05, 0.1) is 5.54 Å². The Labute approximate surface area is 100 Å². The molecule has 0 fully saturated rings. The Kier molecular flexibility index (Phi) is 7.15. The summed E-state index contributed by atoms with van der Waals surface area (Å²) < 4.78 is 10.7. The van der Waals surface area contributed by atoms with Crippen LogP contribution in [0.3, 0.4) is 0 Å². The summed E-state index contributed by atoms with van der Waals surface area (Å²) in [5.41, 5.74) is 5.61. The van der Waals surface area contributed by atoms with Crippen LogP contribution in [0.5, 0.6) is 0 Å². The van der Waals surface area contributed by atoms with E-state index in [1.54, 1.807) is 14.2 Å². The fraction of sp³-hybridized carbons (Fsp3) is 1.00. The number of likely N-dealkylation sites (N-methyl/N-ethyl adjacent to an activating group) is 1. The quantitative estimate of drug-likeness (QED) is 0.643. The summed E-state index contributed by atoms with van der Waals surface area (Å²) in [6.45, 7) is 6.97. The topological polar surface area (TPSA) is 47.7 Å². The molecule has 0 aromatic carbocycles. The number of nitrogens with two attached hydrogens (primary N) is 1. The van der Waals surface area contributed by atoms with Gasteiger partial charge in [0.25, 0.3) is 0 Å². The molecule has 2 N–H and O–H groups in total. The van der Waals surface area contributed by atoms with Gasteiger partial charge < -0.3 is 15.2 Å². The van der Waals surface area contributed by atoms with E-state index in [0.717, 1.165) is 12.8 Å². The van der Waals surface area contributed by atoms with Crippen molar-refractivity contribution in [2.45, 2.75) is 51.5 Å². The van der Waals surface area contributed by atoms with Gasteiger partial charge in [0.2, 0.25) is 0 Å². The fourth-order valence-corrected chi connectivity index (χ4v) is 2.26. The van der Waals surface area contributed by atoms with Crippen LogP contribution >= 0.6 is 0 Å². The van der Waals surface area contributed by atoms with Gasteiger partial charge in [-0.25, -0.2) is 0 Å². The normalized spacial score (nSPS) is 16.1. The van der Waals surface area contributed by atoms with E-state index < -0.39 is 0 Å². The number of hydrogen-bond acceptors (Lipinski definition) is 4. The minimum absolute atomic E-state index is 0.291. The summed E-state index contributed by atoms with van der Waals surface area (Å²) in [7, 11) is 5.40. The van der Waals surface area contributed by atoms with E-state index in [9.17, 15) is 0 Å². The second-order valence-electron chi connectivity index (χ2n) is 4.45. The second-order valence-corrected chi connectivity index (χ2v) is 4.45. The molecule has 0 aliphatic rings. The van der Waals surface area contributed by atoms with Crippen molar-refractivity contribution in [2.24, 2.45) is 5.73 Å². The lowest BCUT2D eigenvalue weighted by molar-refractivity contribution is -0.183. The second kappa shape index (κ2) is 7.22. The van der Waals surface area contributed by atoms with Crippen molar-refractivity contribution in [2.75, 3.05) is 27.8 Å². The molecule has 0 aromatic rings. The Balaban J connectivity index is 4.91. The molecule has 0 amide bonds. The average molecular weight is 232 g/mol. The molecule has 0 radical (unpaired) electrons. The number of nitrogens with zero attached hydrogens (tertiary/aromatic N) is 1. The van der Waals surface area contributed by atoms with Crippen LogP contribution in [0.2, 0.25) is 0 Å². The highest BCUT2D eigenvalue weighted by molar-refractivity contribution is 4.92. The van der Waals surface area contributed by atoms with Crippen LogP contribution in [0, 0.1) is 0 Å². The van der Waals surface area contributed by atoms with Gasteiger partial charge in [0.1, 0.15) is 0 Å². The number of hydrogen-bond donors (Lipinski definition) is 1. The molecule has 0 aromatic heterocycles. The highest BCUT2D eigenvalue weighted by atomic mass is 16.7. The van der Waals surface area contributed by atoms with Crippen LogP contribution in [-0.2, 0) is 9.47 Å². The van der Waals surface area contributed by atoms with E-state index in [1.165, 1.54) is 0 Å². The molecule has 0 saturated carbocycles. The first-order chi connectivity index (χ1) is 7.51. The maximum absolute atomic E-state index is 5.91. The van der Waals surface area contributed by atoms with Gasteiger partial charge >= 0.3 is 0 Å². The number of methoxy groups -OCH3 is 2. The van der Waals surface area contributed by atoms with Crippen LogP contribution in [-0.4, -0.2) is 50.6 Å². The zero-order valence-electron chi connectivity index (χ0n) is 11.6. The van der Waals surface area contributed by atoms with Gasteiger partial charge in [-0.1, -0.05) is 13.8 Å². The highest BCUT2D eigenvalue weighted by Gasteiger charge is 2.39. The Hall–Kier alpha value is -0.160. The van der Waals surface area contributed by atoms with Gasteiger partial charge in [0.15, 0.2) is 6.29 Å². The van der Waals surface area contributed by atoms with Gasteiger partial charge in [-0.2, -0.15) is 0 Å². The third kappa shape index (κ3) is 3.17. The Morgan fingerprint density at radius 3 is 1.88 bits per heavy atom. The zero-order chi connectivity index (χ0) is 12.8. The van der Waals surface area contributed by atoms with E-state index in [1.807, 2.05) is 0 Å². The molecule has 0 spiro atoms. The van der Waals surface area contributed by atoms with Crippen LogP contribution < -0.4 is 5.73 Å². The van der Waals surface area contributed by atoms with Gasteiger partial charge in [-0.05, 0) is 26.8 Å². The van der Waals surface area contributed by atoms with Gasteiger partial charge in [0, 0.05) is 26.8 Å².